The molecule has 2 aromatic carbocycles. The fourth-order valence-electron chi connectivity index (χ4n) is 2.81. The van der Waals surface area contributed by atoms with Crippen molar-refractivity contribution in [2.24, 2.45) is 0 Å². The van der Waals surface area contributed by atoms with Crippen LogP contribution in [-0.4, -0.2) is 47.1 Å². The molecular formula is C22H19N3O6S. The van der Waals surface area contributed by atoms with Crippen LogP contribution in [0.15, 0.2) is 59.5 Å². The Hall–Kier alpha value is -3.92. The number of hydrogen-bond donors (Lipinski definition) is 1. The van der Waals surface area contributed by atoms with Crippen molar-refractivity contribution >= 4 is 46.7 Å². The minimum Gasteiger partial charge on any atom is -0.497 e. The first kappa shape index (κ1) is 22.8. The number of ether oxygens (including phenoxy) is 1. The summed E-state index contributed by atoms with van der Waals surface area (Å²) in [5, 5.41) is 13.0. The maximum atomic E-state index is 12.5. The molecule has 1 saturated heterocycles. The monoisotopic (exact) mass is 453 g/mol. The second-order valence-corrected chi connectivity index (χ2v) is 7.58. The molecule has 0 radical (unpaired) electrons. The zero-order chi connectivity index (χ0) is 23.1. The highest BCUT2D eigenvalue weighted by Crippen LogP contribution is 2.32. The van der Waals surface area contributed by atoms with Crippen LogP contribution in [0.5, 0.6) is 5.75 Å². The van der Waals surface area contributed by atoms with Crippen LogP contribution in [0.3, 0.4) is 0 Å². The number of nitrogens with zero attached hydrogens (tertiary/aromatic N) is 2. The first-order chi connectivity index (χ1) is 15.4. The molecule has 0 atom stereocenters. The maximum Gasteiger partial charge on any atom is 0.293 e. The van der Waals surface area contributed by atoms with Gasteiger partial charge in [-0.05, 0) is 47.2 Å². The van der Waals surface area contributed by atoms with Gasteiger partial charge in [0, 0.05) is 31.3 Å². The molecule has 2 aromatic rings. The maximum absolute atomic E-state index is 12.5. The van der Waals surface area contributed by atoms with Gasteiger partial charge in [0.25, 0.3) is 16.8 Å². The molecule has 0 bridgehead atoms. The molecule has 9 nitrogen and oxygen atoms in total. The SMILES string of the molecule is COc1ccc(C=C2SC(=O)N(CCNC(=O)C=Cc3cccc([N+](=O)[O-])c3)C2=O)cc1. The lowest BCUT2D eigenvalue weighted by molar-refractivity contribution is -0.384. The number of hydrogen-bond acceptors (Lipinski definition) is 7. The highest BCUT2D eigenvalue weighted by Gasteiger charge is 2.34. The summed E-state index contributed by atoms with van der Waals surface area (Å²) in [5.74, 6) is -0.181. The van der Waals surface area contributed by atoms with Gasteiger partial charge in [-0.25, -0.2) is 0 Å². The van der Waals surface area contributed by atoms with Crippen LogP contribution >= 0.6 is 11.8 Å². The number of carbonyl (C=O) groups excluding carboxylic acids is 3. The minimum atomic E-state index is -0.517. The molecule has 0 saturated carbocycles. The number of amides is 3. The lowest BCUT2D eigenvalue weighted by Gasteiger charge is -2.12. The van der Waals surface area contributed by atoms with Crippen molar-refractivity contribution in [2.75, 3.05) is 20.2 Å². The molecule has 3 amide bonds. The predicted octanol–water partition coefficient (Wildman–Crippen LogP) is 3.47. The van der Waals surface area contributed by atoms with Crippen molar-refractivity contribution in [3.8, 4) is 5.75 Å². The van der Waals surface area contributed by atoms with Gasteiger partial charge in [-0.15, -0.1) is 0 Å². The predicted molar refractivity (Wildman–Crippen MR) is 121 cm³/mol. The third kappa shape index (κ3) is 5.82. The zero-order valence-corrected chi connectivity index (χ0v) is 17.8. The van der Waals surface area contributed by atoms with Crippen molar-refractivity contribution in [1.29, 1.82) is 0 Å². The highest BCUT2D eigenvalue weighted by atomic mass is 32.2. The first-order valence-corrected chi connectivity index (χ1v) is 10.3. The van der Waals surface area contributed by atoms with Crippen molar-refractivity contribution in [3.05, 3.63) is 80.8 Å². The molecular weight excluding hydrogens is 434 g/mol. The smallest absolute Gasteiger partial charge is 0.293 e. The van der Waals surface area contributed by atoms with Crippen molar-refractivity contribution in [1.82, 2.24) is 10.2 Å². The summed E-state index contributed by atoms with van der Waals surface area (Å²) in [7, 11) is 1.56. The van der Waals surface area contributed by atoms with Gasteiger partial charge < -0.3 is 10.1 Å². The Balaban J connectivity index is 1.53. The molecule has 1 aliphatic heterocycles. The third-order valence-electron chi connectivity index (χ3n) is 4.43. The minimum absolute atomic E-state index is 0.0288. The molecule has 1 heterocycles. The number of non-ortho nitro benzene ring substituents is 1. The molecule has 3 rings (SSSR count). The van der Waals surface area contributed by atoms with Crippen LogP contribution in [0.2, 0.25) is 0 Å². The van der Waals surface area contributed by atoms with E-state index in [1.807, 2.05) is 0 Å². The molecule has 1 fully saturated rings. The van der Waals surface area contributed by atoms with Crippen molar-refractivity contribution in [2.45, 2.75) is 0 Å². The molecule has 32 heavy (non-hydrogen) atoms. The van der Waals surface area contributed by atoms with E-state index in [9.17, 15) is 24.5 Å². The van der Waals surface area contributed by atoms with Crippen LogP contribution in [0.1, 0.15) is 11.1 Å². The van der Waals surface area contributed by atoms with Gasteiger partial charge in [0.05, 0.1) is 16.9 Å². The van der Waals surface area contributed by atoms with E-state index in [-0.39, 0.29) is 18.8 Å². The van der Waals surface area contributed by atoms with Gasteiger partial charge in [-0.1, -0.05) is 24.3 Å². The number of thioether (sulfide) groups is 1. The molecule has 1 N–H and O–H groups in total. The van der Waals surface area contributed by atoms with Crippen LogP contribution < -0.4 is 10.1 Å². The van der Waals surface area contributed by atoms with E-state index in [1.165, 1.54) is 30.4 Å². The number of benzene rings is 2. The van der Waals surface area contributed by atoms with Crippen LogP contribution in [-0.2, 0) is 9.59 Å². The van der Waals surface area contributed by atoms with E-state index < -0.39 is 22.0 Å². The van der Waals surface area contributed by atoms with Gasteiger partial charge >= 0.3 is 0 Å². The largest absolute Gasteiger partial charge is 0.497 e. The lowest BCUT2D eigenvalue weighted by Crippen LogP contribution is -2.36. The Bertz CT molecular complexity index is 1110. The second kappa shape index (κ2) is 10.4. The highest BCUT2D eigenvalue weighted by molar-refractivity contribution is 8.18. The van der Waals surface area contributed by atoms with Gasteiger partial charge in [-0.3, -0.25) is 29.4 Å². The average Bonchev–Trinajstić information content (AvgIpc) is 3.05. The Morgan fingerprint density at radius 2 is 1.94 bits per heavy atom. The van der Waals surface area contributed by atoms with Crippen LogP contribution in [0, 0.1) is 10.1 Å². The van der Waals surface area contributed by atoms with Crippen LogP contribution in [0.4, 0.5) is 10.5 Å². The number of carbonyl (C=O) groups is 3. The summed E-state index contributed by atoms with van der Waals surface area (Å²) in [6.45, 7) is 0.104. The number of imide groups is 1. The number of methoxy groups -OCH3 is 1. The fraction of sp³-hybridized carbons (Fsp3) is 0.136. The number of nitrogens with one attached hydrogen (secondary N) is 1. The molecule has 164 valence electrons. The van der Waals surface area contributed by atoms with Gasteiger partial charge in [0.15, 0.2) is 0 Å². The second-order valence-electron chi connectivity index (χ2n) is 6.58. The standard InChI is InChI=1S/C22H19N3O6S/c1-31-18-8-5-16(6-9-18)14-19-21(27)24(22(28)32-19)12-11-23-20(26)10-7-15-3-2-4-17(13-15)25(29)30/h2-10,13-14H,11-12H2,1H3,(H,23,26). The quantitative estimate of drug-likeness (QED) is 0.369. The normalized spacial score (nSPS) is 14.9. The lowest BCUT2D eigenvalue weighted by atomic mass is 10.2. The Morgan fingerprint density at radius 1 is 1.19 bits per heavy atom. The van der Waals surface area contributed by atoms with Gasteiger partial charge in [0.1, 0.15) is 5.75 Å². The van der Waals surface area contributed by atoms with Crippen LogP contribution in [0.25, 0.3) is 12.2 Å². The summed E-state index contributed by atoms with van der Waals surface area (Å²) in [6.07, 6.45) is 4.31. The number of nitro groups is 1. The molecule has 0 unspecified atom stereocenters. The summed E-state index contributed by atoms with van der Waals surface area (Å²) >= 11 is 0.842. The van der Waals surface area contributed by atoms with E-state index in [0.29, 0.717) is 16.2 Å². The van der Waals surface area contributed by atoms with E-state index in [1.54, 1.807) is 43.5 Å². The van der Waals surface area contributed by atoms with E-state index in [0.717, 1.165) is 22.2 Å². The molecule has 0 spiro atoms. The zero-order valence-electron chi connectivity index (χ0n) is 17.0. The summed E-state index contributed by atoms with van der Waals surface area (Å²) in [5.41, 5.74) is 1.19. The molecule has 0 aliphatic carbocycles. The number of nitro benzene ring substituents is 1. The Kier molecular flexibility index (Phi) is 7.40. The first-order valence-electron chi connectivity index (χ1n) is 9.47. The van der Waals surface area contributed by atoms with Crippen molar-refractivity contribution < 1.29 is 24.0 Å². The molecule has 0 aromatic heterocycles. The van der Waals surface area contributed by atoms with Gasteiger partial charge in [-0.2, -0.15) is 0 Å². The summed E-state index contributed by atoms with van der Waals surface area (Å²) in [6, 6.07) is 12.9. The van der Waals surface area contributed by atoms with Gasteiger partial charge in [0.2, 0.25) is 5.91 Å². The Labute approximate surface area is 187 Å². The molecule has 1 aliphatic rings. The topological polar surface area (TPSA) is 119 Å². The summed E-state index contributed by atoms with van der Waals surface area (Å²) < 4.78 is 5.09. The average molecular weight is 453 g/mol. The fourth-order valence-corrected chi connectivity index (χ4v) is 3.67. The number of rotatable bonds is 8. The Morgan fingerprint density at radius 3 is 2.62 bits per heavy atom. The summed E-state index contributed by atoms with van der Waals surface area (Å²) in [4.78, 5) is 48.3. The van der Waals surface area contributed by atoms with E-state index >= 15 is 0 Å². The molecule has 10 heteroatoms. The third-order valence-corrected chi connectivity index (χ3v) is 5.34. The van der Waals surface area contributed by atoms with E-state index in [2.05, 4.69) is 5.32 Å². The van der Waals surface area contributed by atoms with Crippen molar-refractivity contribution in [3.63, 3.8) is 0 Å². The van der Waals surface area contributed by atoms with E-state index in [4.69, 9.17) is 4.74 Å².